The molecule has 3 N–H and O–H groups in total. The highest BCUT2D eigenvalue weighted by Crippen LogP contribution is 2.62. The standard InChI is InChI=1S/C27H33ClFNO5S/c1-13-8-17(28)20(21-22-23(26(32)33)25(22)35-24(13)21)14(2)34-12-16(31)11-30-27(3,4)10-15-6-7-19(36-5)18(29)9-15/h6-9,14,16,22-23,25,30-31H,10-12H2,1-5H3,(H,32,33)/t14-,16?,22+,23+,25+/m1/s1. The fourth-order valence-corrected chi connectivity index (χ4v) is 5.96. The van der Waals surface area contributed by atoms with E-state index in [4.69, 9.17) is 21.1 Å². The van der Waals surface area contributed by atoms with Crippen LogP contribution >= 0.6 is 23.4 Å². The predicted octanol–water partition coefficient (Wildman–Crippen LogP) is 5.12. The van der Waals surface area contributed by atoms with Gasteiger partial charge in [-0.3, -0.25) is 4.79 Å². The number of β-amino-alcohol motifs (C(OH)–C–C–N with tert-alkyl or cyclic N) is 1. The van der Waals surface area contributed by atoms with E-state index in [1.54, 1.807) is 12.1 Å². The van der Waals surface area contributed by atoms with E-state index < -0.39 is 24.1 Å². The minimum absolute atomic E-state index is 0.0670. The smallest absolute Gasteiger partial charge is 0.311 e. The molecule has 5 atom stereocenters. The zero-order chi connectivity index (χ0) is 26.4. The van der Waals surface area contributed by atoms with E-state index in [1.165, 1.54) is 11.8 Å². The molecule has 9 heteroatoms. The zero-order valence-electron chi connectivity index (χ0n) is 21.1. The van der Waals surface area contributed by atoms with Crippen LogP contribution in [0.4, 0.5) is 4.39 Å². The minimum atomic E-state index is -0.875. The summed E-state index contributed by atoms with van der Waals surface area (Å²) in [4.78, 5) is 12.2. The maximum Gasteiger partial charge on any atom is 0.311 e. The minimum Gasteiger partial charge on any atom is -0.488 e. The molecule has 1 aliphatic heterocycles. The van der Waals surface area contributed by atoms with Crippen LogP contribution in [-0.2, 0) is 16.0 Å². The average molecular weight is 538 g/mol. The largest absolute Gasteiger partial charge is 0.488 e. The molecule has 6 nitrogen and oxygen atoms in total. The van der Waals surface area contributed by atoms with Gasteiger partial charge in [0.05, 0.1) is 18.8 Å². The number of hydrogen-bond donors (Lipinski definition) is 3. The van der Waals surface area contributed by atoms with Crippen LogP contribution in [0, 0.1) is 18.7 Å². The van der Waals surface area contributed by atoms with Crippen molar-refractivity contribution in [1.82, 2.24) is 5.32 Å². The van der Waals surface area contributed by atoms with Gasteiger partial charge in [-0.15, -0.1) is 11.8 Å². The second kappa shape index (κ2) is 10.5. The van der Waals surface area contributed by atoms with Crippen molar-refractivity contribution < 1.29 is 28.9 Å². The molecule has 0 radical (unpaired) electrons. The Morgan fingerprint density at radius 1 is 1.36 bits per heavy atom. The highest BCUT2D eigenvalue weighted by atomic mass is 35.5. The molecule has 1 heterocycles. The molecule has 0 saturated heterocycles. The molecule has 2 aliphatic rings. The lowest BCUT2D eigenvalue weighted by Crippen LogP contribution is -2.46. The molecule has 1 saturated carbocycles. The quantitative estimate of drug-likeness (QED) is 0.343. The van der Waals surface area contributed by atoms with Gasteiger partial charge in [0.25, 0.3) is 0 Å². The molecular formula is C27H33ClFNO5S. The Morgan fingerprint density at radius 3 is 2.72 bits per heavy atom. The Balaban J connectivity index is 1.34. The molecule has 36 heavy (non-hydrogen) atoms. The molecule has 1 fully saturated rings. The number of aliphatic carboxylic acids is 1. The van der Waals surface area contributed by atoms with E-state index in [0.717, 1.165) is 22.3 Å². The lowest BCUT2D eigenvalue weighted by molar-refractivity contribution is -0.139. The second-order valence-corrected chi connectivity index (χ2v) is 11.6. The third kappa shape index (κ3) is 5.53. The molecule has 0 spiro atoms. The second-order valence-electron chi connectivity index (χ2n) is 10.3. The van der Waals surface area contributed by atoms with Crippen LogP contribution < -0.4 is 10.1 Å². The van der Waals surface area contributed by atoms with Crippen LogP contribution in [0.2, 0.25) is 5.02 Å². The number of carboxylic acid groups (broad SMARTS) is 1. The predicted molar refractivity (Wildman–Crippen MR) is 139 cm³/mol. The number of carbonyl (C=O) groups is 1. The summed E-state index contributed by atoms with van der Waals surface area (Å²) < 4.78 is 26.0. The topological polar surface area (TPSA) is 88.0 Å². The number of halogens is 2. The van der Waals surface area contributed by atoms with Crippen molar-refractivity contribution in [2.75, 3.05) is 19.4 Å². The van der Waals surface area contributed by atoms with Crippen molar-refractivity contribution in [2.24, 2.45) is 5.92 Å². The van der Waals surface area contributed by atoms with E-state index in [0.29, 0.717) is 28.6 Å². The van der Waals surface area contributed by atoms with Gasteiger partial charge in [0.2, 0.25) is 0 Å². The van der Waals surface area contributed by atoms with Crippen LogP contribution in [0.5, 0.6) is 5.75 Å². The SMILES string of the molecule is CSc1ccc(CC(C)(C)NCC(O)CO[C@H](C)c2c(Cl)cc(C)c3c2[C@@H]2[C@H](O3)[C@H]2C(=O)O)cc1F. The molecule has 0 bridgehead atoms. The normalized spacial score (nSPS) is 21.9. The molecule has 2 aromatic rings. The Kier molecular flexibility index (Phi) is 7.93. The van der Waals surface area contributed by atoms with Crippen LogP contribution in [0.3, 0.4) is 0 Å². The molecule has 196 valence electrons. The maximum absolute atomic E-state index is 14.1. The number of benzene rings is 2. The van der Waals surface area contributed by atoms with Crippen molar-refractivity contribution in [1.29, 1.82) is 0 Å². The fraction of sp³-hybridized carbons (Fsp3) is 0.519. The summed E-state index contributed by atoms with van der Waals surface area (Å²) in [5.74, 6) is -1.19. The molecule has 1 unspecified atom stereocenters. The summed E-state index contributed by atoms with van der Waals surface area (Å²) in [5.41, 5.74) is 2.93. The first kappa shape index (κ1) is 27.2. The number of aliphatic hydroxyl groups excluding tert-OH is 1. The van der Waals surface area contributed by atoms with Gasteiger partial charge in [-0.2, -0.15) is 0 Å². The number of ether oxygens (including phenoxy) is 2. The molecule has 1 aliphatic carbocycles. The van der Waals surface area contributed by atoms with Gasteiger partial charge >= 0.3 is 5.97 Å². The van der Waals surface area contributed by atoms with Crippen molar-refractivity contribution in [3.8, 4) is 5.75 Å². The summed E-state index contributed by atoms with van der Waals surface area (Å²) in [5, 5.41) is 23.9. The Hall–Kier alpha value is -1.84. The Bertz CT molecular complexity index is 1160. The van der Waals surface area contributed by atoms with Crippen LogP contribution in [0.1, 0.15) is 55.0 Å². The molecule has 4 rings (SSSR count). The van der Waals surface area contributed by atoms with Gasteiger partial charge in [0.1, 0.15) is 23.6 Å². The summed E-state index contributed by atoms with van der Waals surface area (Å²) in [6.45, 7) is 8.10. The van der Waals surface area contributed by atoms with Gasteiger partial charge in [-0.1, -0.05) is 17.7 Å². The number of carboxylic acids is 1. The number of rotatable bonds is 11. The summed E-state index contributed by atoms with van der Waals surface area (Å²) in [6, 6.07) is 7.08. The summed E-state index contributed by atoms with van der Waals surface area (Å²) >= 11 is 7.95. The van der Waals surface area contributed by atoms with Gasteiger partial charge < -0.3 is 25.0 Å². The number of thioether (sulfide) groups is 1. The Morgan fingerprint density at radius 2 is 2.08 bits per heavy atom. The van der Waals surface area contributed by atoms with Gasteiger partial charge in [-0.05, 0) is 69.7 Å². The van der Waals surface area contributed by atoms with Gasteiger partial charge in [-0.25, -0.2) is 4.39 Å². The van der Waals surface area contributed by atoms with Gasteiger partial charge in [0.15, 0.2) is 0 Å². The van der Waals surface area contributed by atoms with Crippen molar-refractivity contribution in [3.05, 3.63) is 57.4 Å². The molecular weight excluding hydrogens is 505 g/mol. The number of aryl methyl sites for hydroxylation is 1. The Labute approximate surface area is 220 Å². The van der Waals surface area contributed by atoms with Crippen LogP contribution in [-0.4, -0.2) is 53.3 Å². The summed E-state index contributed by atoms with van der Waals surface area (Å²) in [7, 11) is 0. The first-order valence-electron chi connectivity index (χ1n) is 12.0. The lowest BCUT2D eigenvalue weighted by atomic mass is 9.94. The fourth-order valence-electron chi connectivity index (χ4n) is 5.09. The monoisotopic (exact) mass is 537 g/mol. The summed E-state index contributed by atoms with van der Waals surface area (Å²) in [6.07, 6.45) is 0.849. The van der Waals surface area contributed by atoms with Crippen LogP contribution in [0.15, 0.2) is 29.2 Å². The van der Waals surface area contributed by atoms with Crippen molar-refractivity contribution in [2.45, 2.75) is 68.8 Å². The van der Waals surface area contributed by atoms with E-state index in [-0.39, 0.29) is 30.0 Å². The van der Waals surface area contributed by atoms with E-state index in [1.807, 2.05) is 46.1 Å². The van der Waals surface area contributed by atoms with Crippen molar-refractivity contribution in [3.63, 3.8) is 0 Å². The number of nitrogens with one attached hydrogen (secondary N) is 1. The van der Waals surface area contributed by atoms with Crippen molar-refractivity contribution >= 4 is 29.3 Å². The zero-order valence-corrected chi connectivity index (χ0v) is 22.7. The molecule has 0 amide bonds. The lowest BCUT2D eigenvalue weighted by Gasteiger charge is -2.28. The maximum atomic E-state index is 14.1. The number of fused-ring (bicyclic) bond motifs is 3. The third-order valence-corrected chi connectivity index (χ3v) is 8.03. The molecule has 0 aromatic heterocycles. The van der Waals surface area contributed by atoms with E-state index >= 15 is 0 Å². The van der Waals surface area contributed by atoms with Crippen LogP contribution in [0.25, 0.3) is 0 Å². The highest BCUT2D eigenvalue weighted by molar-refractivity contribution is 7.98. The van der Waals surface area contributed by atoms with Gasteiger partial charge in [0, 0.05) is 39.0 Å². The highest BCUT2D eigenvalue weighted by Gasteiger charge is 2.64. The number of aliphatic hydroxyl groups is 1. The average Bonchev–Trinajstić information content (AvgIpc) is 3.39. The molecule has 2 aromatic carbocycles. The first-order valence-corrected chi connectivity index (χ1v) is 13.6. The van der Waals surface area contributed by atoms with E-state index in [9.17, 15) is 19.4 Å². The first-order chi connectivity index (χ1) is 16.9. The number of hydrogen-bond acceptors (Lipinski definition) is 6. The van der Waals surface area contributed by atoms with E-state index in [2.05, 4.69) is 5.32 Å². The third-order valence-electron chi connectivity index (χ3n) is 6.94.